The number of hydrogen-bond donors (Lipinski definition) is 4. The van der Waals surface area contributed by atoms with Crippen molar-refractivity contribution in [2.45, 2.75) is 85.4 Å². The highest BCUT2D eigenvalue weighted by Gasteiger charge is 2.40. The van der Waals surface area contributed by atoms with Gasteiger partial charge in [-0.1, -0.05) is 63.2 Å². The summed E-state index contributed by atoms with van der Waals surface area (Å²) in [5, 5.41) is 13.7. The van der Waals surface area contributed by atoms with Crippen LogP contribution >= 0.6 is 0 Å². The third-order valence-electron chi connectivity index (χ3n) is 6.66. The zero-order chi connectivity index (χ0) is 36.3. The average molecular weight is 677 g/mol. The van der Waals surface area contributed by atoms with Gasteiger partial charge in [0.2, 0.25) is 24.1 Å². The number of ether oxygens (including phenoxy) is 1. The minimum atomic E-state index is -1.23. The van der Waals surface area contributed by atoms with Crippen molar-refractivity contribution in [2.24, 2.45) is 23.5 Å². The Labute approximate surface area is 283 Å². The van der Waals surface area contributed by atoms with Crippen LogP contribution in [0.5, 0.6) is 5.75 Å². The molecule has 0 bridgehead atoms. The summed E-state index contributed by atoms with van der Waals surface area (Å²) < 4.78 is 17.8. The van der Waals surface area contributed by atoms with Gasteiger partial charge in [0.25, 0.3) is 0 Å². The molecule has 0 radical (unpaired) electrons. The Morgan fingerprint density at radius 3 is 2.11 bits per heavy atom. The quantitative estimate of drug-likeness (QED) is 0.248. The summed E-state index contributed by atoms with van der Waals surface area (Å²) in [5.74, 6) is 0.649. The van der Waals surface area contributed by atoms with Crippen LogP contribution in [-0.4, -0.2) is 75.9 Å². The van der Waals surface area contributed by atoms with Crippen LogP contribution in [-0.2, 0) is 34.9 Å². The number of hydrogen-bond acceptors (Lipinski definition) is 7. The number of carbonyl (C=O) groups is 4. The highest BCUT2D eigenvalue weighted by atomic mass is 32.2. The van der Waals surface area contributed by atoms with Crippen LogP contribution in [0.3, 0.4) is 0 Å². The maximum atomic E-state index is 11.7. The minimum absolute atomic E-state index is 0.0244. The lowest BCUT2D eigenvalue weighted by Crippen LogP contribution is -2.50. The number of aromatic hydroxyl groups is 1. The lowest BCUT2D eigenvalue weighted by atomic mass is 10.1. The van der Waals surface area contributed by atoms with Gasteiger partial charge >= 0.3 is 0 Å². The molecule has 1 heterocycles. The third kappa shape index (κ3) is 18.2. The standard InChI is InChI=1S/C10H8O.C9H15N3O3.C7H11NO2S.C5H12O.C4H10/c11-10-7-3-5-8-4-1-2-6-9(8)10;1-6(11-5-13)9(15)12-4-2-3-7(12)8(10)14;1-3-5-4-6(5)7(9)8-11(2)10;1-5(2,3)6-4;1-4(2)3/h1-7,11H;5-7H,2-4H2,1H3,(H2,10,14)(H,11,13);3,5-6H,1,4H2,2H3,(H,8,9);1-4H3;4H,1-3H3. The number of likely N-dealkylation sites (tertiary alicyclic amines) is 1. The Bertz CT molecular complexity index is 1300. The SMILES string of the molecule is C=CC1CC1C(=O)NS(C)=O.CC(C)C.CC(NC=O)C(=O)N1CCCC1C(N)=O.COC(C)(C)C.Oc1cccc2ccccc12. The number of nitrogens with two attached hydrogens (primary N) is 1. The van der Waals surface area contributed by atoms with Crippen molar-refractivity contribution in [1.82, 2.24) is 14.9 Å². The normalized spacial score (nSPS) is 18.9. The summed E-state index contributed by atoms with van der Waals surface area (Å²) in [7, 11) is 0.481. The van der Waals surface area contributed by atoms with E-state index >= 15 is 0 Å². The summed E-state index contributed by atoms with van der Waals surface area (Å²) in [4.78, 5) is 45.4. The van der Waals surface area contributed by atoms with Gasteiger partial charge in [-0.3, -0.25) is 23.9 Å². The molecule has 4 rings (SSSR count). The molecule has 47 heavy (non-hydrogen) atoms. The van der Waals surface area contributed by atoms with E-state index in [1.54, 1.807) is 26.2 Å². The molecule has 1 aliphatic carbocycles. The van der Waals surface area contributed by atoms with E-state index < -0.39 is 29.0 Å². The van der Waals surface area contributed by atoms with Gasteiger partial charge in [0.15, 0.2) is 0 Å². The maximum Gasteiger partial charge on any atom is 0.245 e. The zero-order valence-electron chi connectivity index (χ0n) is 29.4. The second-order valence-corrected chi connectivity index (χ2v) is 13.9. The Balaban J connectivity index is 0.000000598. The zero-order valence-corrected chi connectivity index (χ0v) is 30.3. The first-order chi connectivity index (χ1) is 21.9. The molecule has 12 heteroatoms. The van der Waals surface area contributed by atoms with Gasteiger partial charge in [-0.25, -0.2) is 4.21 Å². The van der Waals surface area contributed by atoms with Crippen LogP contribution in [0, 0.1) is 17.8 Å². The predicted molar refractivity (Wildman–Crippen MR) is 189 cm³/mol. The molecule has 2 aromatic carbocycles. The van der Waals surface area contributed by atoms with Crippen molar-refractivity contribution >= 4 is 45.9 Å². The number of nitrogens with one attached hydrogen (secondary N) is 2. The van der Waals surface area contributed by atoms with E-state index in [2.05, 4.69) is 37.4 Å². The first-order valence-electron chi connectivity index (χ1n) is 15.7. The number of primary amides is 1. The van der Waals surface area contributed by atoms with Crippen molar-refractivity contribution in [3.8, 4) is 5.75 Å². The van der Waals surface area contributed by atoms with Crippen LogP contribution in [0.1, 0.15) is 67.7 Å². The number of nitrogens with zero attached hydrogens (tertiary/aromatic N) is 1. The summed E-state index contributed by atoms with van der Waals surface area (Å²) in [5.41, 5.74) is 5.22. The molecular weight excluding hydrogens is 620 g/mol. The highest BCUT2D eigenvalue weighted by Crippen LogP contribution is 2.39. The van der Waals surface area contributed by atoms with Crippen LogP contribution in [0.15, 0.2) is 55.1 Å². The van der Waals surface area contributed by atoms with Crippen molar-refractivity contribution in [1.29, 1.82) is 0 Å². The molecule has 11 nitrogen and oxygen atoms in total. The largest absolute Gasteiger partial charge is 0.507 e. The first-order valence-corrected chi connectivity index (χ1v) is 17.2. The number of amides is 4. The Kier molecular flexibility index (Phi) is 20.2. The Morgan fingerprint density at radius 1 is 1.11 bits per heavy atom. The van der Waals surface area contributed by atoms with Gasteiger partial charge in [0.1, 0.15) is 28.8 Å². The predicted octanol–water partition coefficient (Wildman–Crippen LogP) is 4.45. The number of methoxy groups -OCH3 is 1. The van der Waals surface area contributed by atoms with Crippen LogP contribution in [0.2, 0.25) is 0 Å². The second kappa shape index (κ2) is 21.9. The molecule has 5 N–H and O–H groups in total. The second-order valence-electron chi connectivity index (χ2n) is 12.8. The summed E-state index contributed by atoms with van der Waals surface area (Å²) in [6, 6.07) is 12.2. The minimum Gasteiger partial charge on any atom is -0.507 e. The topological polar surface area (TPSA) is 168 Å². The number of fused-ring (bicyclic) bond motifs is 1. The van der Waals surface area contributed by atoms with Gasteiger partial charge in [-0.15, -0.1) is 6.58 Å². The van der Waals surface area contributed by atoms with Crippen molar-refractivity contribution in [3.63, 3.8) is 0 Å². The van der Waals surface area contributed by atoms with Crippen molar-refractivity contribution < 1.29 is 33.2 Å². The number of phenolic OH excluding ortho intramolecular Hbond substituents is 1. The third-order valence-corrected chi connectivity index (χ3v) is 7.14. The lowest BCUT2D eigenvalue weighted by Gasteiger charge is -2.25. The van der Waals surface area contributed by atoms with E-state index in [9.17, 15) is 28.5 Å². The fourth-order valence-corrected chi connectivity index (χ4v) is 4.39. The number of phenols is 1. The molecule has 0 spiro atoms. The van der Waals surface area contributed by atoms with Crippen LogP contribution < -0.4 is 15.8 Å². The van der Waals surface area contributed by atoms with E-state index in [4.69, 9.17) is 10.5 Å². The summed E-state index contributed by atoms with van der Waals surface area (Å²) in [6.07, 6.45) is 5.92. The molecule has 2 aliphatic rings. The number of rotatable bonds is 7. The van der Waals surface area contributed by atoms with Crippen LogP contribution in [0.4, 0.5) is 0 Å². The highest BCUT2D eigenvalue weighted by molar-refractivity contribution is 7.82. The average Bonchev–Trinajstić information content (AvgIpc) is 3.63. The maximum absolute atomic E-state index is 11.7. The molecule has 2 aromatic rings. The van der Waals surface area contributed by atoms with E-state index in [0.717, 1.165) is 29.5 Å². The monoisotopic (exact) mass is 676 g/mol. The van der Waals surface area contributed by atoms with Gasteiger partial charge < -0.3 is 25.8 Å². The summed E-state index contributed by atoms with van der Waals surface area (Å²) >= 11 is 0. The van der Waals surface area contributed by atoms with Crippen LogP contribution in [0.25, 0.3) is 10.8 Å². The molecule has 264 valence electrons. The number of carbonyl (C=O) groups excluding carboxylic acids is 4. The fraction of sp³-hybridized carbons (Fsp3) is 0.543. The van der Waals surface area contributed by atoms with Crippen molar-refractivity contribution in [3.05, 3.63) is 55.1 Å². The molecule has 0 aromatic heterocycles. The smallest absolute Gasteiger partial charge is 0.245 e. The molecule has 1 saturated carbocycles. The van der Waals surface area contributed by atoms with E-state index in [-0.39, 0.29) is 23.3 Å². The van der Waals surface area contributed by atoms with E-state index in [0.29, 0.717) is 31.0 Å². The van der Waals surface area contributed by atoms with E-state index in [1.165, 1.54) is 11.2 Å². The van der Waals surface area contributed by atoms with Gasteiger partial charge in [0, 0.05) is 31.2 Å². The molecule has 2 fully saturated rings. The van der Waals surface area contributed by atoms with E-state index in [1.807, 2.05) is 57.2 Å². The molecular formula is C35H56N4O7S. The molecule has 5 unspecified atom stereocenters. The molecule has 1 saturated heterocycles. The molecule has 4 amide bonds. The molecule has 5 atom stereocenters. The van der Waals surface area contributed by atoms with Gasteiger partial charge in [-0.05, 0) is 70.2 Å². The van der Waals surface area contributed by atoms with Crippen molar-refractivity contribution in [2.75, 3.05) is 19.9 Å². The molecule has 1 aliphatic heterocycles. The first kappa shape index (κ1) is 43.2. The Hall–Kier alpha value is -3.77. The van der Waals surface area contributed by atoms with Gasteiger partial charge in [0.05, 0.1) is 5.60 Å². The lowest BCUT2D eigenvalue weighted by molar-refractivity contribution is -0.139. The van der Waals surface area contributed by atoms with Gasteiger partial charge in [-0.2, -0.15) is 0 Å². The number of benzene rings is 2. The number of allylic oxidation sites excluding steroid dienone is 1. The Morgan fingerprint density at radius 2 is 1.66 bits per heavy atom. The summed E-state index contributed by atoms with van der Waals surface area (Å²) in [6.45, 7) is 18.2. The fourth-order valence-electron chi connectivity index (χ4n) is 3.95.